The molecule has 4 heteroatoms. The van der Waals surface area contributed by atoms with Crippen molar-refractivity contribution in [2.75, 3.05) is 0 Å². The number of hydrogen-bond acceptors (Lipinski definition) is 0. The molecule has 2 aliphatic carbocycles. The summed E-state index contributed by atoms with van der Waals surface area (Å²) in [5.41, 5.74) is 2.76. The molecule has 0 N–H and O–H groups in total. The second-order valence-corrected chi connectivity index (χ2v) is 13.3. The van der Waals surface area contributed by atoms with Crippen molar-refractivity contribution in [3.8, 4) is 0 Å². The summed E-state index contributed by atoms with van der Waals surface area (Å²) in [6.45, 7) is 8.74. The monoisotopic (exact) mass is 376 g/mol. The summed E-state index contributed by atoms with van der Waals surface area (Å²) in [6, 6.07) is 0. The molecular weight excluding hydrogens is 358 g/mol. The molecule has 0 aliphatic heterocycles. The summed E-state index contributed by atoms with van der Waals surface area (Å²) in [6.07, 6.45) is 16.7. The third-order valence-corrected chi connectivity index (χ3v) is 1.73. The van der Waals surface area contributed by atoms with Crippen LogP contribution in [0.2, 0.25) is 13.1 Å². The first-order chi connectivity index (χ1) is 7.52. The topological polar surface area (TPSA) is 0 Å². The van der Waals surface area contributed by atoms with Gasteiger partial charge in [-0.1, -0.05) is 13.8 Å². The van der Waals surface area contributed by atoms with E-state index in [0.717, 1.165) is 12.8 Å². The molecule has 100 valence electrons. The zero-order chi connectivity index (χ0) is 12.4. The van der Waals surface area contributed by atoms with Crippen LogP contribution in [0.5, 0.6) is 0 Å². The molecule has 0 saturated heterocycles. The van der Waals surface area contributed by atoms with Gasteiger partial charge in [0.25, 0.3) is 0 Å². The van der Waals surface area contributed by atoms with Crippen LogP contribution < -0.4 is 24.8 Å². The minimum absolute atomic E-state index is 0. The second kappa shape index (κ2) is 15.7. The Morgan fingerprint density at radius 3 is 1.28 bits per heavy atom. The van der Waals surface area contributed by atoms with Crippen LogP contribution in [0.3, 0.4) is 0 Å². The van der Waals surface area contributed by atoms with Gasteiger partial charge in [-0.25, -0.2) is 23.3 Å². The van der Waals surface area contributed by atoms with Crippen LogP contribution in [-0.4, -0.2) is 5.43 Å². The van der Waals surface area contributed by atoms with Crippen molar-refractivity contribution < 1.29 is 48.1 Å². The Balaban J connectivity index is -0.000000182. The second-order valence-electron chi connectivity index (χ2n) is 3.93. The predicted octanol–water partition coefficient (Wildman–Crippen LogP) is -1.82. The summed E-state index contributed by atoms with van der Waals surface area (Å²) in [5.74, 6) is 0. The fourth-order valence-electron chi connectivity index (χ4n) is 1.03. The average molecular weight is 379 g/mol. The van der Waals surface area contributed by atoms with Gasteiger partial charge in [0.05, 0.1) is 0 Å². The zero-order valence-electron chi connectivity index (χ0n) is 11.5. The maximum atomic E-state index is 3.12. The summed E-state index contributed by atoms with van der Waals surface area (Å²) in [4.78, 5) is 0. The van der Waals surface area contributed by atoms with Crippen molar-refractivity contribution in [1.29, 1.82) is 0 Å². The average Bonchev–Trinajstić information content (AvgIpc) is 2.78. The Labute approximate surface area is 140 Å². The third-order valence-electron chi connectivity index (χ3n) is 1.73. The molecule has 2 aliphatic rings. The maximum absolute atomic E-state index is 3.12. The summed E-state index contributed by atoms with van der Waals surface area (Å²) < 4.78 is 0. The van der Waals surface area contributed by atoms with E-state index in [9.17, 15) is 0 Å². The van der Waals surface area contributed by atoms with E-state index in [1.807, 2.05) is 0 Å². The number of hydrogen-bond donors (Lipinski definition) is 0. The molecule has 0 aromatic rings. The van der Waals surface area contributed by atoms with Gasteiger partial charge in [-0.3, -0.25) is 12.2 Å². The van der Waals surface area contributed by atoms with Gasteiger partial charge in [0.1, 0.15) is 0 Å². The molecule has 18 heavy (non-hydrogen) atoms. The molecule has 0 spiro atoms. The van der Waals surface area contributed by atoms with E-state index in [1.165, 1.54) is 11.1 Å². The maximum Gasteiger partial charge on any atom is -1.00 e. The van der Waals surface area contributed by atoms with Crippen molar-refractivity contribution in [2.45, 2.75) is 39.8 Å². The molecule has 0 aromatic carbocycles. The molecule has 0 bridgehead atoms. The summed E-state index contributed by atoms with van der Waals surface area (Å²) in [7, 11) is 0. The molecule has 0 fully saturated rings. The fraction of sp³-hybridized carbons (Fsp3) is 0.429. The van der Waals surface area contributed by atoms with Gasteiger partial charge in [-0.2, -0.15) is 12.2 Å². The first kappa shape index (κ1) is 23.7. The smallest absolute Gasteiger partial charge is 1.00 e. The van der Waals surface area contributed by atoms with Crippen LogP contribution in [0.25, 0.3) is 0 Å². The van der Waals surface area contributed by atoms with Gasteiger partial charge < -0.3 is 24.8 Å². The molecule has 2 rings (SSSR count). The minimum atomic E-state index is 0. The van der Waals surface area contributed by atoms with E-state index in [2.05, 4.69) is 63.4 Å². The van der Waals surface area contributed by atoms with E-state index in [0.29, 0.717) is 0 Å². The first-order valence-electron chi connectivity index (χ1n) is 5.52. The van der Waals surface area contributed by atoms with E-state index in [4.69, 9.17) is 0 Å². The Morgan fingerprint density at radius 2 is 1.22 bits per heavy atom. The molecule has 0 radical (unpaired) electrons. The van der Waals surface area contributed by atoms with Gasteiger partial charge in [0.15, 0.2) is 0 Å². The first-order valence-corrected chi connectivity index (χ1v) is 11.7. The van der Waals surface area contributed by atoms with E-state index >= 15 is 0 Å². The number of allylic oxidation sites excluding steroid dienone is 8. The largest absolute Gasteiger partial charge is 1.00 e. The standard InChI is InChI=1S/2C6H7.C2H6Si.2ClH.Zr/c2*1-6-4-2-3-5-6;1-3-2;;;/h2*2,4H,3H2,1H3;1-2H3;2*1H;/q2*-1;;;;+2/p-2. The van der Waals surface area contributed by atoms with Crippen molar-refractivity contribution in [2.24, 2.45) is 0 Å². The fourth-order valence-corrected chi connectivity index (χ4v) is 1.03. The predicted molar refractivity (Wildman–Crippen MR) is 69.9 cm³/mol. The Morgan fingerprint density at radius 1 is 0.944 bits per heavy atom. The zero-order valence-corrected chi connectivity index (χ0v) is 16.4. The van der Waals surface area contributed by atoms with Crippen LogP contribution in [-0.2, 0) is 23.3 Å². The Hall–Kier alpha value is 0.640. The van der Waals surface area contributed by atoms with Crippen molar-refractivity contribution in [1.82, 2.24) is 0 Å². The molecule has 0 unspecified atom stereocenters. The van der Waals surface area contributed by atoms with Crippen LogP contribution in [0.15, 0.2) is 35.5 Å². The Kier molecular flexibility index (Phi) is 20.7. The number of halogens is 2. The van der Waals surface area contributed by atoms with Gasteiger partial charge >= 0.3 is 41.9 Å². The third kappa shape index (κ3) is 19.0. The van der Waals surface area contributed by atoms with Gasteiger partial charge in [0.2, 0.25) is 0 Å². The van der Waals surface area contributed by atoms with Crippen molar-refractivity contribution in [3.63, 3.8) is 0 Å². The van der Waals surface area contributed by atoms with E-state index in [1.54, 1.807) is 23.3 Å². The minimum Gasteiger partial charge on any atom is -1.00 e. The van der Waals surface area contributed by atoms with Crippen LogP contribution in [0.1, 0.15) is 26.7 Å². The molecule has 0 saturated carbocycles. The van der Waals surface area contributed by atoms with Crippen molar-refractivity contribution >= 4 is 5.43 Å². The molecule has 0 atom stereocenters. The van der Waals surface area contributed by atoms with Crippen LogP contribution >= 0.6 is 0 Å². The Bertz CT molecular complexity index is 304. The van der Waals surface area contributed by atoms with Crippen LogP contribution in [0, 0.1) is 12.2 Å². The normalized spacial score (nSPS) is 13.9. The number of rotatable bonds is 0. The van der Waals surface area contributed by atoms with Gasteiger partial charge in [0, 0.05) is 0 Å². The van der Waals surface area contributed by atoms with E-state index < -0.39 is 0 Å². The molecule has 0 aromatic heterocycles. The quantitative estimate of drug-likeness (QED) is 0.344. The van der Waals surface area contributed by atoms with Gasteiger partial charge in [-0.05, 0) is 0 Å². The van der Waals surface area contributed by atoms with E-state index in [-0.39, 0.29) is 30.2 Å². The molecule has 0 amide bonds. The molecule has 0 nitrogen and oxygen atoms in total. The van der Waals surface area contributed by atoms with Crippen molar-refractivity contribution in [3.05, 3.63) is 47.6 Å². The van der Waals surface area contributed by atoms with Crippen LogP contribution in [0.4, 0.5) is 0 Å². The molecular formula is C14H20Cl2SiZr-2. The summed E-state index contributed by atoms with van der Waals surface area (Å²) >= 11 is 1.74. The van der Waals surface area contributed by atoms with Gasteiger partial charge in [-0.15, -0.1) is 12.8 Å². The summed E-state index contributed by atoms with van der Waals surface area (Å²) in [5, 5.41) is 0. The molecule has 0 heterocycles. The SMILES string of the molecule is CC1=[C-]CC=C1.CC1=[C-]CC=C1.C[Si](C)=[Zr+2].[Cl-].[Cl-].